The number of rotatable bonds is 7. The number of aromatic nitrogens is 2. The molecule has 1 N–H and O–H groups in total. The normalized spacial score (nSPS) is 18.6. The molecule has 0 spiro atoms. The lowest BCUT2D eigenvalue weighted by molar-refractivity contribution is -0.274. The van der Waals surface area contributed by atoms with Crippen molar-refractivity contribution < 1.29 is 27.4 Å². The molecule has 1 saturated heterocycles. The summed E-state index contributed by atoms with van der Waals surface area (Å²) in [5, 5.41) is 8.10. The maximum atomic E-state index is 13.2. The summed E-state index contributed by atoms with van der Waals surface area (Å²) in [5.74, 6) is -0.312. The van der Waals surface area contributed by atoms with Crippen LogP contribution in [0.1, 0.15) is 33.7 Å². The molecular formula is C23H27F3N4O3. The number of carbonyl (C=O) groups is 1. The highest BCUT2D eigenvalue weighted by molar-refractivity contribution is 5.94. The Hall–Kier alpha value is -2.85. The summed E-state index contributed by atoms with van der Waals surface area (Å²) in [5.41, 5.74) is 3.38. The van der Waals surface area contributed by atoms with Gasteiger partial charge in [-0.05, 0) is 37.0 Å². The van der Waals surface area contributed by atoms with E-state index in [1.807, 2.05) is 4.68 Å². The molecule has 0 radical (unpaired) electrons. The van der Waals surface area contributed by atoms with Crippen molar-refractivity contribution in [1.82, 2.24) is 20.0 Å². The summed E-state index contributed by atoms with van der Waals surface area (Å²) in [6, 6.07) is 5.96. The summed E-state index contributed by atoms with van der Waals surface area (Å²) in [4.78, 5) is 14.9. The lowest BCUT2D eigenvalue weighted by Crippen LogP contribution is -2.41. The SMILES string of the molecule is C=CCn1nc(C(=O)N2CCOCC2)c2c1CC[C@H](NCc1ccc(OC(F)(F)F)cc1)C2. The molecule has 2 heterocycles. The van der Waals surface area contributed by atoms with Gasteiger partial charge in [0.15, 0.2) is 5.69 Å². The molecule has 2 aromatic rings. The Kier molecular flexibility index (Phi) is 7.04. The van der Waals surface area contributed by atoms with Gasteiger partial charge < -0.3 is 19.7 Å². The largest absolute Gasteiger partial charge is 0.573 e. The van der Waals surface area contributed by atoms with Crippen LogP contribution in [0.5, 0.6) is 5.75 Å². The third-order valence-corrected chi connectivity index (χ3v) is 5.90. The molecule has 2 aliphatic rings. The first-order chi connectivity index (χ1) is 15.8. The van der Waals surface area contributed by atoms with Gasteiger partial charge in [-0.25, -0.2) is 0 Å². The summed E-state index contributed by atoms with van der Waals surface area (Å²) in [6.45, 7) is 7.00. The van der Waals surface area contributed by atoms with Gasteiger partial charge in [0.2, 0.25) is 0 Å². The van der Waals surface area contributed by atoms with Gasteiger partial charge in [0.05, 0.1) is 19.8 Å². The number of fused-ring (bicyclic) bond motifs is 1. The van der Waals surface area contributed by atoms with Crippen molar-refractivity contribution in [3.05, 3.63) is 59.4 Å². The molecule has 1 fully saturated rings. The van der Waals surface area contributed by atoms with E-state index in [1.165, 1.54) is 12.1 Å². The smallest absolute Gasteiger partial charge is 0.406 e. The number of morpholine rings is 1. The summed E-state index contributed by atoms with van der Waals surface area (Å²) < 4.78 is 48.1. The van der Waals surface area contributed by atoms with Crippen molar-refractivity contribution in [3.8, 4) is 5.75 Å². The Balaban J connectivity index is 1.43. The lowest BCUT2D eigenvalue weighted by Gasteiger charge is -2.28. The number of nitrogens with one attached hydrogen (secondary N) is 1. The van der Waals surface area contributed by atoms with Crippen LogP contribution in [0, 0.1) is 0 Å². The van der Waals surface area contributed by atoms with Gasteiger partial charge in [-0.3, -0.25) is 9.48 Å². The van der Waals surface area contributed by atoms with Crippen LogP contribution in [-0.4, -0.2) is 59.3 Å². The number of benzene rings is 1. The molecule has 1 aliphatic carbocycles. The zero-order valence-corrected chi connectivity index (χ0v) is 18.2. The quantitative estimate of drug-likeness (QED) is 0.638. The first kappa shape index (κ1) is 23.3. The number of allylic oxidation sites excluding steroid dienone is 1. The molecule has 178 valence electrons. The maximum absolute atomic E-state index is 13.2. The molecule has 0 bridgehead atoms. The fourth-order valence-electron chi connectivity index (χ4n) is 4.29. The van der Waals surface area contributed by atoms with Gasteiger partial charge in [0.25, 0.3) is 5.91 Å². The topological polar surface area (TPSA) is 68.6 Å². The minimum Gasteiger partial charge on any atom is -0.406 e. The van der Waals surface area contributed by atoms with Crippen LogP contribution in [0.2, 0.25) is 0 Å². The molecule has 0 saturated carbocycles. The van der Waals surface area contributed by atoms with E-state index in [1.54, 1.807) is 23.1 Å². The van der Waals surface area contributed by atoms with Crippen LogP contribution in [0.4, 0.5) is 13.2 Å². The van der Waals surface area contributed by atoms with E-state index in [4.69, 9.17) is 4.74 Å². The monoisotopic (exact) mass is 464 g/mol. The number of hydrogen-bond acceptors (Lipinski definition) is 5. The van der Waals surface area contributed by atoms with Gasteiger partial charge in [0.1, 0.15) is 5.75 Å². The summed E-state index contributed by atoms with van der Waals surface area (Å²) in [6.07, 6.45) is -0.620. The van der Waals surface area contributed by atoms with Crippen LogP contribution in [0.25, 0.3) is 0 Å². The fourth-order valence-corrected chi connectivity index (χ4v) is 4.29. The minimum absolute atomic E-state index is 0.0711. The van der Waals surface area contributed by atoms with E-state index in [2.05, 4.69) is 21.7 Å². The molecule has 1 amide bonds. The Labute approximate surface area is 190 Å². The number of halogens is 3. The number of carbonyl (C=O) groups excluding carboxylic acids is 1. The van der Waals surface area contributed by atoms with E-state index in [0.717, 1.165) is 29.7 Å². The van der Waals surface area contributed by atoms with Gasteiger partial charge in [0, 0.05) is 36.9 Å². The van der Waals surface area contributed by atoms with E-state index in [9.17, 15) is 18.0 Å². The molecule has 33 heavy (non-hydrogen) atoms. The first-order valence-corrected chi connectivity index (χ1v) is 11.0. The van der Waals surface area contributed by atoms with Crippen molar-refractivity contribution >= 4 is 5.91 Å². The Morgan fingerprint density at radius 1 is 1.27 bits per heavy atom. The average Bonchev–Trinajstić information content (AvgIpc) is 3.15. The number of alkyl halides is 3. The van der Waals surface area contributed by atoms with Crippen molar-refractivity contribution in [2.24, 2.45) is 0 Å². The van der Waals surface area contributed by atoms with Crippen LogP contribution >= 0.6 is 0 Å². The zero-order valence-electron chi connectivity index (χ0n) is 18.2. The number of ether oxygens (including phenoxy) is 2. The molecule has 0 unspecified atom stereocenters. The number of amides is 1. The van der Waals surface area contributed by atoms with Crippen LogP contribution in [0.3, 0.4) is 0 Å². The zero-order chi connectivity index (χ0) is 23.4. The van der Waals surface area contributed by atoms with E-state index < -0.39 is 6.36 Å². The van der Waals surface area contributed by atoms with Crippen molar-refractivity contribution in [2.45, 2.75) is 44.8 Å². The average molecular weight is 464 g/mol. The van der Waals surface area contributed by atoms with E-state index in [-0.39, 0.29) is 17.7 Å². The van der Waals surface area contributed by atoms with Crippen LogP contribution in [0.15, 0.2) is 36.9 Å². The van der Waals surface area contributed by atoms with Crippen LogP contribution < -0.4 is 10.1 Å². The van der Waals surface area contributed by atoms with Gasteiger partial charge >= 0.3 is 6.36 Å². The highest BCUT2D eigenvalue weighted by Gasteiger charge is 2.32. The van der Waals surface area contributed by atoms with Crippen molar-refractivity contribution in [1.29, 1.82) is 0 Å². The Morgan fingerprint density at radius 2 is 2.00 bits per heavy atom. The molecule has 10 heteroatoms. The first-order valence-electron chi connectivity index (χ1n) is 11.0. The maximum Gasteiger partial charge on any atom is 0.573 e. The van der Waals surface area contributed by atoms with Gasteiger partial charge in [-0.2, -0.15) is 5.10 Å². The lowest BCUT2D eigenvalue weighted by atomic mass is 9.90. The second-order valence-corrected chi connectivity index (χ2v) is 8.16. The van der Waals surface area contributed by atoms with Gasteiger partial charge in [-0.15, -0.1) is 19.8 Å². The highest BCUT2D eigenvalue weighted by Crippen LogP contribution is 2.27. The highest BCUT2D eigenvalue weighted by atomic mass is 19.4. The molecule has 1 aromatic carbocycles. The second kappa shape index (κ2) is 9.96. The second-order valence-electron chi connectivity index (χ2n) is 8.16. The van der Waals surface area contributed by atoms with E-state index >= 15 is 0 Å². The standard InChI is InChI=1S/C23H27F3N4O3/c1-2-9-30-20-8-5-17(27-15-16-3-6-18(7-4-16)33-23(24,25)26)14-19(20)21(28-30)22(31)29-10-12-32-13-11-29/h2-4,6-7,17,27H,1,5,8-15H2/t17-/m0/s1. The number of nitrogens with zero attached hydrogens (tertiary/aromatic N) is 3. The predicted molar refractivity (Wildman–Crippen MR) is 115 cm³/mol. The Morgan fingerprint density at radius 3 is 2.67 bits per heavy atom. The fraction of sp³-hybridized carbons (Fsp3) is 0.478. The molecule has 4 rings (SSSR count). The summed E-state index contributed by atoms with van der Waals surface area (Å²) >= 11 is 0. The van der Waals surface area contributed by atoms with E-state index in [0.29, 0.717) is 51.5 Å². The molecular weight excluding hydrogens is 437 g/mol. The summed E-state index contributed by atoms with van der Waals surface area (Å²) in [7, 11) is 0. The molecule has 1 aromatic heterocycles. The molecule has 1 atom stereocenters. The van der Waals surface area contributed by atoms with Crippen molar-refractivity contribution in [2.75, 3.05) is 26.3 Å². The molecule has 1 aliphatic heterocycles. The minimum atomic E-state index is -4.70. The van der Waals surface area contributed by atoms with Crippen LogP contribution in [-0.2, 0) is 30.7 Å². The predicted octanol–water partition coefficient (Wildman–Crippen LogP) is 3.09. The Bertz CT molecular complexity index is 982. The van der Waals surface area contributed by atoms with Crippen molar-refractivity contribution in [3.63, 3.8) is 0 Å². The number of hydrogen-bond donors (Lipinski definition) is 1. The third-order valence-electron chi connectivity index (χ3n) is 5.90. The third kappa shape index (κ3) is 5.75. The molecule has 7 nitrogen and oxygen atoms in total. The van der Waals surface area contributed by atoms with Gasteiger partial charge in [-0.1, -0.05) is 18.2 Å².